The Balaban J connectivity index is 1.81. The minimum absolute atomic E-state index is 0.612. The zero-order valence-electron chi connectivity index (χ0n) is 16.9. The van der Waals surface area contributed by atoms with E-state index in [0.717, 1.165) is 0 Å². The zero-order valence-corrected chi connectivity index (χ0v) is 17.8. The van der Waals surface area contributed by atoms with E-state index < -0.39 is 7.92 Å². The number of hydrogen-bond acceptors (Lipinski definition) is 0. The number of rotatable bonds is 5. The summed E-state index contributed by atoms with van der Waals surface area (Å²) in [4.78, 5) is 0. The van der Waals surface area contributed by atoms with Crippen LogP contribution in [0, 0.1) is 13.8 Å². The summed E-state index contributed by atoms with van der Waals surface area (Å²) < 4.78 is 0. The summed E-state index contributed by atoms with van der Waals surface area (Å²) >= 11 is 0. The van der Waals surface area contributed by atoms with E-state index in [-0.39, 0.29) is 0 Å². The van der Waals surface area contributed by atoms with E-state index in [2.05, 4.69) is 129 Å². The van der Waals surface area contributed by atoms with E-state index in [1.165, 1.54) is 38.2 Å². The van der Waals surface area contributed by atoms with Crippen LogP contribution in [0.3, 0.4) is 0 Å². The lowest BCUT2D eigenvalue weighted by Gasteiger charge is -2.21. The maximum atomic E-state index is 2.29. The van der Waals surface area contributed by atoms with Crippen molar-refractivity contribution < 1.29 is 0 Å². The molecule has 0 heterocycles. The lowest BCUT2D eigenvalue weighted by atomic mass is 10.0. The predicted molar refractivity (Wildman–Crippen MR) is 130 cm³/mol. The normalized spacial score (nSPS) is 11.3. The van der Waals surface area contributed by atoms with Crippen molar-refractivity contribution in [1.82, 2.24) is 0 Å². The van der Waals surface area contributed by atoms with Crippen molar-refractivity contribution >= 4 is 36.0 Å². The highest BCUT2D eigenvalue weighted by Crippen LogP contribution is 2.34. The van der Waals surface area contributed by atoms with E-state index in [1.807, 2.05) is 0 Å². The summed E-state index contributed by atoms with van der Waals surface area (Å²) in [7, 11) is -0.612. The monoisotopic (exact) mass is 392 g/mol. The lowest BCUT2D eigenvalue weighted by Crippen LogP contribution is -2.22. The fourth-order valence-electron chi connectivity index (χ4n) is 3.53. The fourth-order valence-corrected chi connectivity index (χ4v) is 5.97. The molecule has 4 rings (SSSR count). The molecule has 0 fully saturated rings. The molecule has 0 aliphatic heterocycles. The van der Waals surface area contributed by atoms with Gasteiger partial charge in [-0.3, -0.25) is 0 Å². The highest BCUT2D eigenvalue weighted by molar-refractivity contribution is 7.80. The average molecular weight is 392 g/mol. The summed E-state index contributed by atoms with van der Waals surface area (Å²) in [5.41, 5.74) is 5.16. The first-order valence-electron chi connectivity index (χ1n) is 9.97. The van der Waals surface area contributed by atoms with E-state index in [9.17, 15) is 0 Å². The molecular weight excluding hydrogens is 367 g/mol. The van der Waals surface area contributed by atoms with Gasteiger partial charge in [-0.25, -0.2) is 0 Å². The highest BCUT2D eigenvalue weighted by Gasteiger charge is 2.18. The molecule has 0 amide bonds. The Morgan fingerprint density at radius 3 is 1.76 bits per heavy atom. The second kappa shape index (κ2) is 9.03. The van der Waals surface area contributed by atoms with Gasteiger partial charge >= 0.3 is 0 Å². The van der Waals surface area contributed by atoms with Crippen molar-refractivity contribution in [3.63, 3.8) is 0 Å². The molecule has 0 saturated heterocycles. The third kappa shape index (κ3) is 4.56. The lowest BCUT2D eigenvalue weighted by molar-refractivity contribution is 1.38. The molecule has 0 saturated carbocycles. The van der Waals surface area contributed by atoms with Crippen molar-refractivity contribution in [2.45, 2.75) is 13.8 Å². The second-order valence-electron chi connectivity index (χ2n) is 7.26. The largest absolute Gasteiger partial charge is 0.0622 e. The molecule has 0 bridgehead atoms. The van der Waals surface area contributed by atoms with Gasteiger partial charge in [0.1, 0.15) is 0 Å². The van der Waals surface area contributed by atoms with Gasteiger partial charge in [0.15, 0.2) is 0 Å². The van der Waals surface area contributed by atoms with Crippen LogP contribution in [0.4, 0.5) is 0 Å². The van der Waals surface area contributed by atoms with Crippen molar-refractivity contribution in [3.8, 4) is 0 Å². The predicted octanol–water partition coefficient (Wildman–Crippen LogP) is 6.23. The molecule has 0 radical (unpaired) electrons. The SMILES string of the molecule is Cc1ccc(C)c(/C=C/c2ccccc2P(c2ccccc2)c2ccccc2)c1. The second-order valence-corrected chi connectivity index (χ2v) is 9.44. The van der Waals surface area contributed by atoms with Crippen LogP contribution in [-0.4, -0.2) is 0 Å². The summed E-state index contributed by atoms with van der Waals surface area (Å²) in [6, 6.07) is 37.2. The molecule has 0 nitrogen and oxygen atoms in total. The van der Waals surface area contributed by atoms with Crippen LogP contribution in [0.5, 0.6) is 0 Å². The Labute approximate surface area is 175 Å². The highest BCUT2D eigenvalue weighted by atomic mass is 31.1. The van der Waals surface area contributed by atoms with Crippen molar-refractivity contribution in [2.24, 2.45) is 0 Å². The topological polar surface area (TPSA) is 0 Å². The summed E-state index contributed by atoms with van der Waals surface area (Å²) in [5, 5.41) is 4.14. The molecular formula is C28H25P. The smallest absolute Gasteiger partial charge is 0.00786 e. The molecule has 0 atom stereocenters. The van der Waals surface area contributed by atoms with Gasteiger partial charge in [-0.05, 0) is 54.4 Å². The molecule has 0 aliphatic carbocycles. The standard InChI is InChI=1S/C28H25P/c1-22-17-18-23(2)25(21-22)20-19-24-11-9-10-16-28(24)29(26-12-5-3-6-13-26)27-14-7-4-8-15-27/h3-21H,1-2H3/b20-19+. The van der Waals surface area contributed by atoms with Crippen LogP contribution < -0.4 is 15.9 Å². The van der Waals surface area contributed by atoms with Gasteiger partial charge in [0.05, 0.1) is 0 Å². The minimum atomic E-state index is -0.612. The molecule has 29 heavy (non-hydrogen) atoms. The van der Waals surface area contributed by atoms with Crippen LogP contribution in [0.1, 0.15) is 22.3 Å². The Hall–Kier alpha value is -2.95. The molecule has 0 N–H and O–H groups in total. The Kier molecular flexibility index (Phi) is 6.03. The summed E-state index contributed by atoms with van der Waals surface area (Å²) in [5.74, 6) is 0. The maximum absolute atomic E-state index is 2.29. The molecule has 0 aliphatic rings. The molecule has 1 heteroatoms. The quantitative estimate of drug-likeness (QED) is 0.279. The summed E-state index contributed by atoms with van der Waals surface area (Å²) in [6.45, 7) is 4.32. The van der Waals surface area contributed by atoms with E-state index >= 15 is 0 Å². The van der Waals surface area contributed by atoms with Crippen LogP contribution in [0.2, 0.25) is 0 Å². The number of aryl methyl sites for hydroxylation is 2. The molecule has 142 valence electrons. The molecule has 0 aromatic heterocycles. The van der Waals surface area contributed by atoms with Gasteiger partial charge in [-0.15, -0.1) is 0 Å². The average Bonchev–Trinajstić information content (AvgIpc) is 2.77. The first-order chi connectivity index (χ1) is 14.2. The Morgan fingerprint density at radius 2 is 1.10 bits per heavy atom. The first kappa shape index (κ1) is 19.4. The van der Waals surface area contributed by atoms with Gasteiger partial charge in [-0.2, -0.15) is 0 Å². The zero-order chi connectivity index (χ0) is 20.1. The number of benzene rings is 4. The molecule has 0 unspecified atom stereocenters. The van der Waals surface area contributed by atoms with Crippen molar-refractivity contribution in [1.29, 1.82) is 0 Å². The molecule has 0 spiro atoms. The third-order valence-corrected chi connectivity index (χ3v) is 7.60. The van der Waals surface area contributed by atoms with Crippen LogP contribution in [0.25, 0.3) is 12.2 Å². The van der Waals surface area contributed by atoms with E-state index in [0.29, 0.717) is 0 Å². The van der Waals surface area contributed by atoms with Gasteiger partial charge in [0, 0.05) is 0 Å². The molecule has 4 aromatic carbocycles. The van der Waals surface area contributed by atoms with Gasteiger partial charge in [0.25, 0.3) is 0 Å². The Morgan fingerprint density at radius 1 is 0.552 bits per heavy atom. The van der Waals surface area contributed by atoms with E-state index in [1.54, 1.807) is 0 Å². The van der Waals surface area contributed by atoms with Gasteiger partial charge in [-0.1, -0.05) is 121 Å². The van der Waals surface area contributed by atoms with Crippen LogP contribution in [-0.2, 0) is 0 Å². The van der Waals surface area contributed by atoms with Crippen molar-refractivity contribution in [2.75, 3.05) is 0 Å². The third-order valence-electron chi connectivity index (χ3n) is 5.08. The van der Waals surface area contributed by atoms with Gasteiger partial charge in [0.2, 0.25) is 0 Å². The summed E-state index contributed by atoms with van der Waals surface area (Å²) in [6.07, 6.45) is 4.53. The number of hydrogen-bond donors (Lipinski definition) is 0. The first-order valence-corrected chi connectivity index (χ1v) is 11.3. The Bertz CT molecular complexity index is 1070. The fraction of sp³-hybridized carbons (Fsp3) is 0.0714. The minimum Gasteiger partial charge on any atom is -0.0622 e. The van der Waals surface area contributed by atoms with Gasteiger partial charge < -0.3 is 0 Å². The van der Waals surface area contributed by atoms with Crippen LogP contribution in [0.15, 0.2) is 103 Å². The van der Waals surface area contributed by atoms with E-state index in [4.69, 9.17) is 0 Å². The van der Waals surface area contributed by atoms with Crippen molar-refractivity contribution in [3.05, 3.63) is 125 Å². The maximum Gasteiger partial charge on any atom is -0.00786 e. The van der Waals surface area contributed by atoms with Crippen LogP contribution >= 0.6 is 7.92 Å². The molecule has 4 aromatic rings.